The van der Waals surface area contributed by atoms with Crippen molar-refractivity contribution in [2.45, 2.75) is 89.9 Å². The van der Waals surface area contributed by atoms with Crippen LogP contribution in [0.2, 0.25) is 0 Å². The Morgan fingerprint density at radius 3 is 2.74 bits per heavy atom. The lowest BCUT2D eigenvalue weighted by atomic mass is 9.81. The lowest BCUT2D eigenvalue weighted by Crippen LogP contribution is -2.55. The third-order valence-corrected chi connectivity index (χ3v) is 8.77. The van der Waals surface area contributed by atoms with Crippen molar-refractivity contribution in [3.05, 3.63) is 44.8 Å². The van der Waals surface area contributed by atoms with Crippen LogP contribution in [0, 0.1) is 11.3 Å². The number of fused-ring (bicyclic) bond motifs is 1. The van der Waals surface area contributed by atoms with Gasteiger partial charge in [-0.2, -0.15) is 5.26 Å². The number of anilines is 1. The minimum absolute atomic E-state index is 0.0680. The molecule has 0 aromatic carbocycles. The molecule has 1 aliphatic carbocycles. The lowest BCUT2D eigenvalue weighted by Gasteiger charge is -2.42. The zero-order chi connectivity index (χ0) is 24.6. The largest absolute Gasteiger partial charge is 0.370 e. The van der Waals surface area contributed by atoms with E-state index in [0.717, 1.165) is 46.8 Å². The SMILES string of the molecule is CC1CN(c2nc(C3CCCCC3)c3c(c2C#N)CC(C)(C)OC3)CCN1C(=O)Cc1cccs1. The highest BCUT2D eigenvalue weighted by Gasteiger charge is 2.36. The maximum absolute atomic E-state index is 13.0. The third-order valence-electron chi connectivity index (χ3n) is 7.89. The first kappa shape index (κ1) is 24.3. The van der Waals surface area contributed by atoms with Gasteiger partial charge < -0.3 is 14.5 Å². The van der Waals surface area contributed by atoms with Crippen LogP contribution < -0.4 is 4.90 Å². The number of rotatable bonds is 4. The Morgan fingerprint density at radius 2 is 2.06 bits per heavy atom. The van der Waals surface area contributed by atoms with E-state index in [1.807, 2.05) is 22.4 Å². The van der Waals surface area contributed by atoms with Gasteiger partial charge in [0.1, 0.15) is 11.9 Å². The molecule has 1 amide bonds. The maximum Gasteiger partial charge on any atom is 0.228 e. The molecule has 4 heterocycles. The number of aromatic nitrogens is 1. The van der Waals surface area contributed by atoms with E-state index in [-0.39, 0.29) is 17.6 Å². The molecule has 6 nitrogen and oxygen atoms in total. The Morgan fingerprint density at radius 1 is 1.26 bits per heavy atom. The molecule has 5 rings (SSSR count). The second kappa shape index (κ2) is 9.91. The molecule has 0 radical (unpaired) electrons. The van der Waals surface area contributed by atoms with Gasteiger partial charge in [0.05, 0.1) is 29.9 Å². The summed E-state index contributed by atoms with van der Waals surface area (Å²) in [4.78, 5) is 23.6. The number of carbonyl (C=O) groups is 1. The number of amides is 1. The highest BCUT2D eigenvalue weighted by Crippen LogP contribution is 2.41. The van der Waals surface area contributed by atoms with Gasteiger partial charge in [0.15, 0.2) is 0 Å². The number of hydrogen-bond acceptors (Lipinski definition) is 6. The van der Waals surface area contributed by atoms with E-state index in [1.165, 1.54) is 19.3 Å². The fourth-order valence-corrected chi connectivity index (χ4v) is 6.72. The van der Waals surface area contributed by atoms with Gasteiger partial charge in [-0.25, -0.2) is 4.98 Å². The van der Waals surface area contributed by atoms with E-state index in [4.69, 9.17) is 9.72 Å². The summed E-state index contributed by atoms with van der Waals surface area (Å²) in [7, 11) is 0. The molecule has 0 bridgehead atoms. The zero-order valence-corrected chi connectivity index (χ0v) is 22.0. The van der Waals surface area contributed by atoms with E-state index in [0.29, 0.717) is 44.1 Å². The van der Waals surface area contributed by atoms with Crippen molar-refractivity contribution in [3.8, 4) is 6.07 Å². The number of nitriles is 1. The topological polar surface area (TPSA) is 69.5 Å². The fourth-order valence-electron chi connectivity index (χ4n) is 6.02. The average molecular weight is 493 g/mol. The highest BCUT2D eigenvalue weighted by molar-refractivity contribution is 7.10. The fraction of sp³-hybridized carbons (Fsp3) is 0.607. The summed E-state index contributed by atoms with van der Waals surface area (Å²) >= 11 is 1.63. The molecular formula is C28H36N4O2S. The van der Waals surface area contributed by atoms with Crippen molar-refractivity contribution in [2.24, 2.45) is 0 Å². The van der Waals surface area contributed by atoms with Gasteiger partial charge in [0.25, 0.3) is 0 Å². The van der Waals surface area contributed by atoms with Gasteiger partial charge in [0, 0.05) is 48.5 Å². The number of hydrogen-bond donors (Lipinski definition) is 0. The zero-order valence-electron chi connectivity index (χ0n) is 21.2. The number of ether oxygens (including phenoxy) is 1. The molecule has 2 aliphatic heterocycles. The molecule has 2 fully saturated rings. The van der Waals surface area contributed by atoms with Gasteiger partial charge >= 0.3 is 0 Å². The Labute approximate surface area is 212 Å². The van der Waals surface area contributed by atoms with E-state index in [1.54, 1.807) is 11.3 Å². The van der Waals surface area contributed by atoms with Crippen molar-refractivity contribution >= 4 is 23.1 Å². The molecule has 2 aromatic heterocycles. The van der Waals surface area contributed by atoms with Crippen LogP contribution in [0.3, 0.4) is 0 Å². The molecule has 0 spiro atoms. The molecule has 35 heavy (non-hydrogen) atoms. The van der Waals surface area contributed by atoms with Crippen molar-refractivity contribution in [3.63, 3.8) is 0 Å². The first-order valence-corrected chi connectivity index (χ1v) is 13.9. The van der Waals surface area contributed by atoms with Gasteiger partial charge in [-0.1, -0.05) is 25.3 Å². The van der Waals surface area contributed by atoms with Crippen LogP contribution in [-0.2, 0) is 29.0 Å². The molecule has 2 aromatic rings. The van der Waals surface area contributed by atoms with Crippen LogP contribution in [0.1, 0.15) is 86.1 Å². The van der Waals surface area contributed by atoms with Gasteiger partial charge in [-0.15, -0.1) is 11.3 Å². The molecule has 186 valence electrons. The van der Waals surface area contributed by atoms with Crippen LogP contribution in [0.15, 0.2) is 17.5 Å². The maximum atomic E-state index is 13.0. The lowest BCUT2D eigenvalue weighted by molar-refractivity contribution is -0.132. The summed E-state index contributed by atoms with van der Waals surface area (Å²) in [5, 5.41) is 12.3. The summed E-state index contributed by atoms with van der Waals surface area (Å²) in [6.07, 6.45) is 7.30. The van der Waals surface area contributed by atoms with Crippen LogP contribution >= 0.6 is 11.3 Å². The quantitative estimate of drug-likeness (QED) is 0.587. The van der Waals surface area contributed by atoms with Gasteiger partial charge in [-0.3, -0.25) is 4.79 Å². The summed E-state index contributed by atoms with van der Waals surface area (Å²) in [6, 6.07) is 6.62. The molecule has 7 heteroatoms. The first-order chi connectivity index (χ1) is 16.9. The predicted molar refractivity (Wildman–Crippen MR) is 139 cm³/mol. The number of nitrogens with zero attached hydrogens (tertiary/aromatic N) is 4. The first-order valence-electron chi connectivity index (χ1n) is 13.0. The van der Waals surface area contributed by atoms with Crippen LogP contribution in [-0.4, -0.2) is 47.1 Å². The molecule has 3 aliphatic rings. The molecule has 0 N–H and O–H groups in total. The van der Waals surface area contributed by atoms with Crippen molar-refractivity contribution < 1.29 is 9.53 Å². The second-order valence-corrected chi connectivity index (χ2v) is 12.0. The monoisotopic (exact) mass is 492 g/mol. The minimum atomic E-state index is -0.290. The van der Waals surface area contributed by atoms with Crippen LogP contribution in [0.25, 0.3) is 0 Å². The molecule has 1 saturated carbocycles. The number of thiophene rings is 1. The van der Waals surface area contributed by atoms with Crippen LogP contribution in [0.5, 0.6) is 0 Å². The molecule has 1 saturated heterocycles. The number of piperazine rings is 1. The Bertz CT molecular complexity index is 1110. The van der Waals surface area contributed by atoms with Crippen LogP contribution in [0.4, 0.5) is 5.82 Å². The third kappa shape index (κ3) is 4.96. The number of pyridine rings is 1. The Hall–Kier alpha value is -2.43. The second-order valence-electron chi connectivity index (χ2n) is 11.0. The normalized spacial score (nSPS) is 22.5. The summed E-state index contributed by atoms with van der Waals surface area (Å²) in [5.41, 5.74) is 3.88. The smallest absolute Gasteiger partial charge is 0.228 e. The Balaban J connectivity index is 1.45. The van der Waals surface area contributed by atoms with Gasteiger partial charge in [0.2, 0.25) is 5.91 Å². The van der Waals surface area contributed by atoms with E-state index in [2.05, 4.69) is 31.7 Å². The molecular weight excluding hydrogens is 456 g/mol. The average Bonchev–Trinajstić information content (AvgIpc) is 3.35. The molecule has 1 atom stereocenters. The van der Waals surface area contributed by atoms with Crippen molar-refractivity contribution in [1.82, 2.24) is 9.88 Å². The van der Waals surface area contributed by atoms with E-state index < -0.39 is 0 Å². The predicted octanol–water partition coefficient (Wildman–Crippen LogP) is 5.19. The summed E-state index contributed by atoms with van der Waals surface area (Å²) < 4.78 is 6.20. The van der Waals surface area contributed by atoms with E-state index in [9.17, 15) is 10.1 Å². The van der Waals surface area contributed by atoms with Crippen molar-refractivity contribution in [2.75, 3.05) is 24.5 Å². The minimum Gasteiger partial charge on any atom is -0.370 e. The standard InChI is InChI=1S/C28H36N4O2S/c1-19-17-31(11-12-32(19)25(33)14-21-10-7-13-35-21)27-23(16-29)22-15-28(2,3)34-18-24(22)26(30-27)20-8-5-4-6-9-20/h7,10,13,19-20H,4-6,8-9,11-12,14-15,17-18H2,1-3H3. The number of carbonyl (C=O) groups excluding carboxylic acids is 1. The summed E-state index contributed by atoms with van der Waals surface area (Å²) in [5.74, 6) is 1.45. The Kier molecular flexibility index (Phi) is 6.87. The molecule has 1 unspecified atom stereocenters. The van der Waals surface area contributed by atoms with Crippen molar-refractivity contribution in [1.29, 1.82) is 5.26 Å². The van der Waals surface area contributed by atoms with E-state index >= 15 is 0 Å². The highest BCUT2D eigenvalue weighted by atomic mass is 32.1. The summed E-state index contributed by atoms with van der Waals surface area (Å²) in [6.45, 7) is 8.92. The van der Waals surface area contributed by atoms with Gasteiger partial charge in [-0.05, 0) is 50.6 Å².